The van der Waals surface area contributed by atoms with Crippen molar-refractivity contribution in [3.05, 3.63) is 63.6 Å². The molecule has 0 aliphatic carbocycles. The summed E-state index contributed by atoms with van der Waals surface area (Å²) >= 11 is 5.37. The van der Waals surface area contributed by atoms with E-state index >= 15 is 0 Å². The monoisotopic (exact) mass is 361 g/mol. The second-order valence-corrected chi connectivity index (χ2v) is 7.07. The maximum Gasteiger partial charge on any atom is 0.252 e. The van der Waals surface area contributed by atoms with Crippen molar-refractivity contribution in [2.24, 2.45) is 0 Å². The van der Waals surface area contributed by atoms with Gasteiger partial charge in [-0.2, -0.15) is 0 Å². The number of fused-ring (bicyclic) bond motifs is 1. The molecule has 0 spiro atoms. The Morgan fingerprint density at radius 1 is 1.24 bits per heavy atom. The van der Waals surface area contributed by atoms with E-state index in [1.54, 1.807) is 0 Å². The molecule has 4 heteroatoms. The van der Waals surface area contributed by atoms with Crippen molar-refractivity contribution in [2.45, 2.75) is 24.3 Å². The minimum Gasteiger partial charge on any atom is -0.345 e. The Morgan fingerprint density at radius 2 is 2.05 bits per heavy atom. The number of nitrogens with one attached hydrogen (secondary N) is 1. The van der Waals surface area contributed by atoms with Crippen molar-refractivity contribution < 1.29 is 4.79 Å². The van der Waals surface area contributed by atoms with Gasteiger partial charge in [0.05, 0.1) is 11.6 Å². The number of halogens is 1. The molecule has 1 aliphatic rings. The van der Waals surface area contributed by atoms with Crippen LogP contribution in [0.15, 0.2) is 51.8 Å². The van der Waals surface area contributed by atoms with Crippen LogP contribution in [0.4, 0.5) is 0 Å². The molecule has 0 aromatic heterocycles. The molecule has 1 unspecified atom stereocenters. The molecule has 0 fully saturated rings. The molecule has 0 radical (unpaired) electrons. The highest BCUT2D eigenvalue weighted by molar-refractivity contribution is 9.10. The summed E-state index contributed by atoms with van der Waals surface area (Å²) in [7, 11) is 0. The largest absolute Gasteiger partial charge is 0.345 e. The van der Waals surface area contributed by atoms with Crippen molar-refractivity contribution in [3.63, 3.8) is 0 Å². The summed E-state index contributed by atoms with van der Waals surface area (Å²) in [5.74, 6) is 1.02. The average Bonchev–Trinajstić information content (AvgIpc) is 2.50. The van der Waals surface area contributed by atoms with Crippen LogP contribution in [0.5, 0.6) is 0 Å². The van der Waals surface area contributed by atoms with Crippen molar-refractivity contribution in [2.75, 3.05) is 5.75 Å². The lowest BCUT2D eigenvalue weighted by atomic mass is 10.0. The zero-order valence-corrected chi connectivity index (χ0v) is 14.1. The van der Waals surface area contributed by atoms with Crippen molar-refractivity contribution in [1.29, 1.82) is 0 Å². The Hall–Kier alpha value is -1.26. The number of carbonyl (C=O) groups excluding carboxylic acids is 1. The van der Waals surface area contributed by atoms with Gasteiger partial charge >= 0.3 is 0 Å². The fourth-order valence-electron chi connectivity index (χ4n) is 2.55. The third kappa shape index (κ3) is 3.01. The summed E-state index contributed by atoms with van der Waals surface area (Å²) in [6, 6.07) is 14.2. The normalized spacial score (nSPS) is 17.1. The molecular formula is C17H16BrNOS. The van der Waals surface area contributed by atoms with Crippen LogP contribution in [0.25, 0.3) is 0 Å². The van der Waals surface area contributed by atoms with Crippen LogP contribution in [0, 0.1) is 6.92 Å². The van der Waals surface area contributed by atoms with Crippen molar-refractivity contribution in [1.82, 2.24) is 5.32 Å². The van der Waals surface area contributed by atoms with Gasteiger partial charge in [-0.25, -0.2) is 0 Å². The molecule has 108 valence electrons. The van der Waals surface area contributed by atoms with Crippen LogP contribution in [-0.2, 0) is 0 Å². The molecule has 1 atom stereocenters. The van der Waals surface area contributed by atoms with Crippen LogP contribution in [0.1, 0.15) is 33.9 Å². The van der Waals surface area contributed by atoms with E-state index in [2.05, 4.69) is 33.4 Å². The number of thioether (sulfide) groups is 1. The number of hydrogen-bond acceptors (Lipinski definition) is 2. The first-order valence-corrected chi connectivity index (χ1v) is 8.72. The lowest BCUT2D eigenvalue weighted by Crippen LogP contribution is -2.30. The third-order valence-corrected chi connectivity index (χ3v) is 5.88. The first-order chi connectivity index (χ1) is 10.2. The lowest BCUT2D eigenvalue weighted by molar-refractivity contribution is 0.0934. The van der Waals surface area contributed by atoms with E-state index in [4.69, 9.17) is 0 Å². The quantitative estimate of drug-likeness (QED) is 0.837. The van der Waals surface area contributed by atoms with Crippen LogP contribution in [-0.4, -0.2) is 11.7 Å². The molecule has 2 aromatic carbocycles. The van der Waals surface area contributed by atoms with E-state index in [9.17, 15) is 4.79 Å². The topological polar surface area (TPSA) is 29.1 Å². The molecule has 1 amide bonds. The predicted molar refractivity (Wildman–Crippen MR) is 90.9 cm³/mol. The zero-order valence-electron chi connectivity index (χ0n) is 11.7. The summed E-state index contributed by atoms with van der Waals surface area (Å²) < 4.78 is 0.876. The standard InChI is InChI=1S/C17H16BrNOS/c1-11-5-4-7-13(16(11)18)17(20)19-14-9-10-21-15-8-3-2-6-12(14)15/h2-8,14H,9-10H2,1H3,(H,19,20). The molecule has 3 rings (SSSR count). The highest BCUT2D eigenvalue weighted by Gasteiger charge is 2.23. The second-order valence-electron chi connectivity index (χ2n) is 5.14. The Labute approximate surface area is 137 Å². The first-order valence-electron chi connectivity index (χ1n) is 6.94. The molecule has 0 bridgehead atoms. The van der Waals surface area contributed by atoms with Crippen LogP contribution < -0.4 is 5.32 Å². The number of aryl methyl sites for hydroxylation is 1. The number of amides is 1. The summed E-state index contributed by atoms with van der Waals surface area (Å²) in [6.07, 6.45) is 0.969. The Morgan fingerprint density at radius 3 is 2.90 bits per heavy atom. The number of benzene rings is 2. The maximum absolute atomic E-state index is 12.5. The van der Waals surface area contributed by atoms with Gasteiger partial charge in [0.1, 0.15) is 0 Å². The summed E-state index contributed by atoms with van der Waals surface area (Å²) in [5, 5.41) is 3.18. The molecular weight excluding hydrogens is 346 g/mol. The number of rotatable bonds is 2. The van der Waals surface area contributed by atoms with Gasteiger partial charge in [0.15, 0.2) is 0 Å². The third-order valence-electron chi connectivity index (χ3n) is 3.70. The predicted octanol–water partition coefficient (Wildman–Crippen LogP) is 4.72. The summed E-state index contributed by atoms with van der Waals surface area (Å²) in [5.41, 5.74) is 3.00. The van der Waals surface area contributed by atoms with E-state index in [0.29, 0.717) is 5.56 Å². The smallest absolute Gasteiger partial charge is 0.252 e. The fraction of sp³-hybridized carbons (Fsp3) is 0.235. The van der Waals surface area contributed by atoms with Crippen LogP contribution >= 0.6 is 27.7 Å². The van der Waals surface area contributed by atoms with Gasteiger partial charge in [0.2, 0.25) is 0 Å². The van der Waals surface area contributed by atoms with E-state index in [1.807, 2.05) is 49.0 Å². The SMILES string of the molecule is Cc1cccc(C(=O)NC2CCSc3ccccc32)c1Br. The summed E-state index contributed by atoms with van der Waals surface area (Å²) in [6.45, 7) is 1.99. The van der Waals surface area contributed by atoms with Crippen LogP contribution in [0.3, 0.4) is 0 Å². The Kier molecular flexibility index (Phi) is 4.36. The van der Waals surface area contributed by atoms with E-state index in [-0.39, 0.29) is 11.9 Å². The highest BCUT2D eigenvalue weighted by Crippen LogP contribution is 2.36. The van der Waals surface area contributed by atoms with Gasteiger partial charge in [-0.15, -0.1) is 11.8 Å². The van der Waals surface area contributed by atoms with Crippen molar-refractivity contribution in [3.8, 4) is 0 Å². The molecule has 0 saturated heterocycles. The van der Waals surface area contributed by atoms with Gasteiger partial charge in [-0.3, -0.25) is 4.79 Å². The van der Waals surface area contributed by atoms with Gasteiger partial charge in [0, 0.05) is 15.1 Å². The Balaban J connectivity index is 1.85. The van der Waals surface area contributed by atoms with Gasteiger partial charge in [-0.1, -0.05) is 30.3 Å². The van der Waals surface area contributed by atoms with E-state index in [0.717, 1.165) is 22.2 Å². The average molecular weight is 362 g/mol. The molecule has 1 heterocycles. The minimum atomic E-state index is -0.0164. The highest BCUT2D eigenvalue weighted by atomic mass is 79.9. The van der Waals surface area contributed by atoms with Gasteiger partial charge in [0.25, 0.3) is 5.91 Å². The van der Waals surface area contributed by atoms with E-state index < -0.39 is 0 Å². The Bertz CT molecular complexity index is 686. The second kappa shape index (κ2) is 6.24. The molecule has 0 saturated carbocycles. The maximum atomic E-state index is 12.5. The fourth-order valence-corrected chi connectivity index (χ4v) is 4.12. The van der Waals surface area contributed by atoms with Gasteiger partial charge < -0.3 is 5.32 Å². The molecule has 1 N–H and O–H groups in total. The number of hydrogen-bond donors (Lipinski definition) is 1. The summed E-state index contributed by atoms with van der Waals surface area (Å²) in [4.78, 5) is 13.8. The lowest BCUT2D eigenvalue weighted by Gasteiger charge is -2.26. The molecule has 2 nitrogen and oxygen atoms in total. The molecule has 1 aliphatic heterocycles. The van der Waals surface area contributed by atoms with Gasteiger partial charge in [-0.05, 0) is 52.5 Å². The van der Waals surface area contributed by atoms with E-state index in [1.165, 1.54) is 10.5 Å². The molecule has 21 heavy (non-hydrogen) atoms. The van der Waals surface area contributed by atoms with Crippen molar-refractivity contribution >= 4 is 33.6 Å². The minimum absolute atomic E-state index is 0.0164. The first kappa shape index (κ1) is 14.7. The zero-order chi connectivity index (χ0) is 14.8. The van der Waals surface area contributed by atoms with Crippen LogP contribution in [0.2, 0.25) is 0 Å². The number of carbonyl (C=O) groups is 1. The molecule has 2 aromatic rings.